The zero-order valence-corrected chi connectivity index (χ0v) is 33.9. The molecule has 2 aliphatic heterocycles. The summed E-state index contributed by atoms with van der Waals surface area (Å²) in [6.07, 6.45) is -5.24. The summed E-state index contributed by atoms with van der Waals surface area (Å²) in [5.74, 6) is -2.73. The van der Waals surface area contributed by atoms with Crippen LogP contribution in [0, 0.1) is 10.1 Å². The number of nitrogens with zero attached hydrogens (tertiary/aromatic N) is 2. The monoisotopic (exact) mass is 846 g/mol. The number of fused-ring (bicyclic) bond motifs is 1. The molecule has 2 aliphatic rings. The number of amides is 2. The second-order valence-electron chi connectivity index (χ2n) is 14.7. The summed E-state index contributed by atoms with van der Waals surface area (Å²) in [5.41, 5.74) is 0.193. The van der Waals surface area contributed by atoms with Crippen LogP contribution in [0.3, 0.4) is 0 Å². The van der Waals surface area contributed by atoms with Gasteiger partial charge in [0.2, 0.25) is 6.29 Å². The van der Waals surface area contributed by atoms with E-state index < -0.39 is 83.1 Å². The summed E-state index contributed by atoms with van der Waals surface area (Å²) >= 11 is 5.94. The predicted molar refractivity (Wildman–Crippen MR) is 213 cm³/mol. The molecule has 2 heterocycles. The van der Waals surface area contributed by atoms with Crippen LogP contribution < -0.4 is 14.2 Å². The van der Waals surface area contributed by atoms with Crippen molar-refractivity contribution in [2.24, 2.45) is 0 Å². The number of esters is 2. The van der Waals surface area contributed by atoms with Gasteiger partial charge in [-0.25, -0.2) is 4.79 Å². The van der Waals surface area contributed by atoms with Gasteiger partial charge in [-0.1, -0.05) is 48.5 Å². The highest BCUT2D eigenvalue weighted by molar-refractivity contribution is 6.26. The molecule has 6 rings (SSSR count). The number of alkyl halides is 1. The minimum absolute atomic E-state index is 0.0467. The number of nitro benzene ring substituents is 1. The molecule has 5 atom stereocenters. The minimum Gasteiger partial charge on any atom is -0.497 e. The zero-order chi connectivity index (χ0) is 43.0. The van der Waals surface area contributed by atoms with Crippen molar-refractivity contribution in [1.82, 2.24) is 4.90 Å². The molecule has 0 bridgehead atoms. The van der Waals surface area contributed by atoms with E-state index in [0.717, 1.165) is 10.5 Å². The van der Waals surface area contributed by atoms with Crippen LogP contribution in [0.25, 0.3) is 0 Å². The van der Waals surface area contributed by atoms with Gasteiger partial charge in [-0.05, 0) is 74.4 Å². The van der Waals surface area contributed by atoms with E-state index in [1.165, 1.54) is 37.4 Å². The molecule has 4 aromatic carbocycles. The van der Waals surface area contributed by atoms with Crippen molar-refractivity contribution < 1.29 is 62.0 Å². The van der Waals surface area contributed by atoms with E-state index in [1.54, 1.807) is 57.2 Å². The number of rotatable bonds is 17. The predicted octanol–water partition coefficient (Wildman–Crippen LogP) is 6.05. The first-order valence-electron chi connectivity index (χ1n) is 18.8. The quantitative estimate of drug-likeness (QED) is 0.0393. The Morgan fingerprint density at radius 3 is 2.10 bits per heavy atom. The fourth-order valence-electron chi connectivity index (χ4n) is 6.66. The summed E-state index contributed by atoms with van der Waals surface area (Å²) in [4.78, 5) is 65.8. The first-order valence-corrected chi connectivity index (χ1v) is 19.3. The van der Waals surface area contributed by atoms with Crippen molar-refractivity contribution in [3.8, 4) is 17.2 Å². The van der Waals surface area contributed by atoms with E-state index in [0.29, 0.717) is 11.3 Å². The Hall–Kier alpha value is -6.07. The van der Waals surface area contributed by atoms with Crippen molar-refractivity contribution in [2.75, 3.05) is 26.2 Å². The van der Waals surface area contributed by atoms with Crippen LogP contribution in [0.5, 0.6) is 17.2 Å². The number of ether oxygens (including phenoxy) is 8. The molecule has 2 amide bonds. The van der Waals surface area contributed by atoms with E-state index in [2.05, 4.69) is 0 Å². The maximum atomic E-state index is 14.1. The van der Waals surface area contributed by atoms with E-state index in [1.807, 2.05) is 30.3 Å². The fourth-order valence-corrected chi connectivity index (χ4v) is 6.73. The second-order valence-corrected chi connectivity index (χ2v) is 14.9. The maximum Gasteiger partial charge on any atom is 0.344 e. The molecule has 0 N–H and O–H groups in total. The Bertz CT molecular complexity index is 2140. The standard InChI is InChI=1S/C43H43ClN2O14/c1-43(2,3)60-36(48)25-55-33-19-14-27(20-32(33)46(51)52)22-54-24-34-38(59-35(47)21-44)39(56-23-26-10-6-5-7-11-26)37(42(58-34)57-29-17-15-28(53-4)16-18-29)45-40(49)30-12-8-9-13-31(30)41(45)50/h5-20,34,37-39,42H,21-25H2,1-4H3/t34-,37-,38-,39-,42-/m1/s1. The number of methoxy groups -OCH3 is 1. The molecule has 0 spiro atoms. The van der Waals surface area contributed by atoms with Gasteiger partial charge in [-0.2, -0.15) is 0 Å². The van der Waals surface area contributed by atoms with E-state index in [-0.39, 0.29) is 42.4 Å². The zero-order valence-electron chi connectivity index (χ0n) is 33.1. The van der Waals surface area contributed by atoms with Gasteiger partial charge in [0.1, 0.15) is 41.2 Å². The second kappa shape index (κ2) is 19.3. The molecule has 16 nitrogen and oxygen atoms in total. The van der Waals surface area contributed by atoms with E-state index >= 15 is 0 Å². The lowest BCUT2D eigenvalue weighted by Crippen LogP contribution is -2.68. The Kier molecular flexibility index (Phi) is 14.0. The van der Waals surface area contributed by atoms with Crippen molar-refractivity contribution >= 4 is 41.0 Å². The largest absolute Gasteiger partial charge is 0.497 e. The van der Waals surface area contributed by atoms with Crippen LogP contribution in [0.2, 0.25) is 0 Å². The van der Waals surface area contributed by atoms with Gasteiger partial charge in [0, 0.05) is 6.07 Å². The van der Waals surface area contributed by atoms with Gasteiger partial charge in [0.15, 0.2) is 18.5 Å². The summed E-state index contributed by atoms with van der Waals surface area (Å²) in [7, 11) is 1.51. The van der Waals surface area contributed by atoms with Crippen LogP contribution >= 0.6 is 11.6 Å². The fraction of sp³-hybridized carbons (Fsp3) is 0.349. The van der Waals surface area contributed by atoms with Crippen LogP contribution in [0.15, 0.2) is 97.1 Å². The van der Waals surface area contributed by atoms with Crippen LogP contribution in [-0.2, 0) is 46.5 Å². The Balaban J connectivity index is 1.32. The van der Waals surface area contributed by atoms with Crippen molar-refractivity contribution in [1.29, 1.82) is 0 Å². The Morgan fingerprint density at radius 2 is 1.48 bits per heavy atom. The van der Waals surface area contributed by atoms with Gasteiger partial charge in [0.05, 0.1) is 43.0 Å². The van der Waals surface area contributed by atoms with Crippen LogP contribution in [-0.4, -0.2) is 96.0 Å². The molecule has 4 aromatic rings. The van der Waals surface area contributed by atoms with Crippen molar-refractivity contribution in [3.05, 3.63) is 129 Å². The molecule has 0 saturated carbocycles. The van der Waals surface area contributed by atoms with Crippen molar-refractivity contribution in [3.63, 3.8) is 0 Å². The highest BCUT2D eigenvalue weighted by Crippen LogP contribution is 2.37. The summed E-state index contributed by atoms with van der Waals surface area (Å²) in [5, 5.41) is 12.0. The van der Waals surface area contributed by atoms with E-state index in [9.17, 15) is 29.3 Å². The third-order valence-corrected chi connectivity index (χ3v) is 9.47. The van der Waals surface area contributed by atoms with E-state index in [4.69, 9.17) is 49.5 Å². The molecule has 1 fully saturated rings. The molecule has 1 saturated heterocycles. The number of hydrogen-bond donors (Lipinski definition) is 0. The highest BCUT2D eigenvalue weighted by atomic mass is 35.5. The first-order chi connectivity index (χ1) is 28.8. The lowest BCUT2D eigenvalue weighted by atomic mass is 9.94. The van der Waals surface area contributed by atoms with Gasteiger partial charge in [0.25, 0.3) is 11.8 Å². The molecule has 0 radical (unpaired) electrons. The minimum atomic E-state index is -1.43. The van der Waals surface area contributed by atoms with Gasteiger partial charge >= 0.3 is 17.6 Å². The topological polar surface area (TPSA) is 188 Å². The van der Waals surface area contributed by atoms with Gasteiger partial charge < -0.3 is 37.9 Å². The van der Waals surface area contributed by atoms with Gasteiger partial charge in [-0.3, -0.25) is 29.4 Å². The number of carbonyl (C=O) groups excluding carboxylic acids is 4. The number of benzene rings is 4. The number of halogens is 1. The molecule has 0 aromatic heterocycles. The molecule has 17 heteroatoms. The third kappa shape index (κ3) is 10.6. The Morgan fingerprint density at radius 1 is 0.833 bits per heavy atom. The lowest BCUT2D eigenvalue weighted by molar-refractivity contribution is -0.385. The first kappa shape index (κ1) is 43.5. The smallest absolute Gasteiger partial charge is 0.344 e. The number of imide groups is 1. The number of hydrogen-bond acceptors (Lipinski definition) is 14. The average Bonchev–Trinajstić information content (AvgIpc) is 3.48. The Labute approximate surface area is 350 Å². The van der Waals surface area contributed by atoms with Crippen LogP contribution in [0.4, 0.5) is 5.69 Å². The number of carbonyl (C=O) groups is 4. The van der Waals surface area contributed by atoms with Crippen molar-refractivity contribution in [2.45, 2.75) is 70.2 Å². The normalized spacial score (nSPS) is 19.9. The number of nitro groups is 1. The lowest BCUT2D eigenvalue weighted by Gasteiger charge is -2.47. The summed E-state index contributed by atoms with van der Waals surface area (Å²) < 4.78 is 47.4. The SMILES string of the molecule is COc1ccc(O[C@@H]2O[C@H](COCc3ccc(OCC(=O)OC(C)(C)C)c([N+](=O)[O-])c3)[C@@H](OC(=O)CCl)[C@H](OCc3ccccc3)[C@H]2N2C(=O)c3ccccc3C2=O)cc1. The molecule has 316 valence electrons. The molecule has 0 aliphatic carbocycles. The summed E-state index contributed by atoms with van der Waals surface area (Å²) in [6, 6.07) is 24.7. The molecular formula is C43H43ClN2O14. The highest BCUT2D eigenvalue weighted by Gasteiger charge is 2.57. The third-order valence-electron chi connectivity index (χ3n) is 9.25. The average molecular weight is 847 g/mol. The van der Waals surface area contributed by atoms with Gasteiger partial charge in [-0.15, -0.1) is 11.6 Å². The summed E-state index contributed by atoms with van der Waals surface area (Å²) in [6.45, 7) is 3.94. The molecular weight excluding hydrogens is 804 g/mol. The maximum absolute atomic E-state index is 14.1. The molecule has 60 heavy (non-hydrogen) atoms. The molecule has 0 unspecified atom stereocenters. The van der Waals surface area contributed by atoms with Crippen LogP contribution in [0.1, 0.15) is 52.6 Å².